The first-order chi connectivity index (χ1) is 12.6. The van der Waals surface area contributed by atoms with Gasteiger partial charge < -0.3 is 10.2 Å². The van der Waals surface area contributed by atoms with E-state index in [0.717, 1.165) is 43.2 Å². The average molecular weight is 358 g/mol. The molecule has 0 atom stereocenters. The number of amides is 1. The molecule has 4 rings (SSSR count). The summed E-state index contributed by atoms with van der Waals surface area (Å²) in [5, 5.41) is 7.41. The molecule has 134 valence electrons. The molecule has 1 saturated heterocycles. The quantitative estimate of drug-likeness (QED) is 0.775. The zero-order valence-electron chi connectivity index (χ0n) is 13.8. The Balaban J connectivity index is 1.55. The second-order valence-electron chi connectivity index (χ2n) is 6.10. The van der Waals surface area contributed by atoms with E-state index in [2.05, 4.69) is 25.3 Å². The lowest BCUT2D eigenvalue weighted by Gasteiger charge is -2.16. The predicted molar refractivity (Wildman–Crippen MR) is 91.8 cm³/mol. The molecule has 7 nitrogen and oxygen atoms in total. The number of hydrogen-bond donors (Lipinski definition) is 1. The summed E-state index contributed by atoms with van der Waals surface area (Å²) in [6.45, 7) is 1.72. The summed E-state index contributed by atoms with van der Waals surface area (Å²) in [7, 11) is 0. The zero-order valence-corrected chi connectivity index (χ0v) is 13.8. The summed E-state index contributed by atoms with van der Waals surface area (Å²) in [4.78, 5) is 23.0. The molecule has 0 aliphatic carbocycles. The van der Waals surface area contributed by atoms with Crippen LogP contribution in [0.4, 0.5) is 20.3 Å². The van der Waals surface area contributed by atoms with Crippen LogP contribution in [0.3, 0.4) is 0 Å². The maximum Gasteiger partial charge on any atom is 0.246 e. The van der Waals surface area contributed by atoms with E-state index >= 15 is 0 Å². The molecule has 1 aliphatic heterocycles. The van der Waals surface area contributed by atoms with Crippen molar-refractivity contribution in [1.82, 2.24) is 19.7 Å². The Morgan fingerprint density at radius 2 is 2.00 bits per heavy atom. The summed E-state index contributed by atoms with van der Waals surface area (Å²) < 4.78 is 28.0. The molecule has 0 bridgehead atoms. The number of anilines is 2. The summed E-state index contributed by atoms with van der Waals surface area (Å²) in [5.74, 6) is -1.21. The van der Waals surface area contributed by atoms with Crippen LogP contribution in [0.15, 0.2) is 30.7 Å². The van der Waals surface area contributed by atoms with Crippen LogP contribution >= 0.6 is 0 Å². The van der Waals surface area contributed by atoms with Gasteiger partial charge in [-0.15, -0.1) is 0 Å². The van der Waals surface area contributed by atoms with E-state index in [1.807, 2.05) is 0 Å². The van der Waals surface area contributed by atoms with Gasteiger partial charge in [-0.05, 0) is 25.0 Å². The van der Waals surface area contributed by atoms with E-state index in [1.54, 1.807) is 6.20 Å². The van der Waals surface area contributed by atoms with Crippen LogP contribution in [0.5, 0.6) is 0 Å². The van der Waals surface area contributed by atoms with Crippen LogP contribution in [0.25, 0.3) is 11.0 Å². The highest BCUT2D eigenvalue weighted by molar-refractivity contribution is 5.92. The summed E-state index contributed by atoms with van der Waals surface area (Å²) in [6, 6.07) is 2.98. The Labute approximate surface area is 147 Å². The molecule has 1 amide bonds. The maximum atomic E-state index is 13.7. The van der Waals surface area contributed by atoms with E-state index in [-0.39, 0.29) is 12.2 Å². The van der Waals surface area contributed by atoms with Gasteiger partial charge in [-0.3, -0.25) is 4.79 Å². The topological polar surface area (TPSA) is 75.9 Å². The van der Waals surface area contributed by atoms with Crippen molar-refractivity contribution < 1.29 is 13.6 Å². The molecule has 3 aromatic rings. The number of hydrogen-bond acceptors (Lipinski definition) is 5. The number of rotatable bonds is 4. The van der Waals surface area contributed by atoms with Crippen molar-refractivity contribution in [2.75, 3.05) is 23.3 Å². The third-order valence-corrected chi connectivity index (χ3v) is 4.32. The number of aromatic nitrogens is 4. The fourth-order valence-electron chi connectivity index (χ4n) is 3.09. The van der Waals surface area contributed by atoms with Crippen molar-refractivity contribution in [2.45, 2.75) is 19.4 Å². The molecule has 26 heavy (non-hydrogen) atoms. The van der Waals surface area contributed by atoms with Gasteiger partial charge in [-0.1, -0.05) is 0 Å². The molecule has 1 aromatic carbocycles. The van der Waals surface area contributed by atoms with Crippen molar-refractivity contribution in [3.05, 3.63) is 42.4 Å². The predicted octanol–water partition coefficient (Wildman–Crippen LogP) is 2.34. The number of fused-ring (bicyclic) bond motifs is 1. The van der Waals surface area contributed by atoms with Crippen LogP contribution in [0.2, 0.25) is 0 Å². The van der Waals surface area contributed by atoms with Crippen LogP contribution in [-0.2, 0) is 11.3 Å². The number of nitrogens with zero attached hydrogens (tertiary/aromatic N) is 5. The standard InChI is InChI=1S/C17H16F2N6O/c18-11-3-4-14(13(19)7-11)23-15(26)9-25-17-12(8-22-25)16(20-10-21-17)24-5-1-2-6-24/h3-4,7-8,10H,1-2,5-6,9H2,(H,23,26). The van der Waals surface area contributed by atoms with Crippen molar-refractivity contribution in [1.29, 1.82) is 0 Å². The molecule has 0 spiro atoms. The summed E-state index contributed by atoms with van der Waals surface area (Å²) in [6.07, 6.45) is 5.32. The molecule has 9 heteroatoms. The maximum absolute atomic E-state index is 13.7. The largest absolute Gasteiger partial charge is 0.356 e. The Morgan fingerprint density at radius 3 is 2.77 bits per heavy atom. The Morgan fingerprint density at radius 1 is 1.19 bits per heavy atom. The molecule has 1 aliphatic rings. The molecule has 0 radical (unpaired) electrons. The van der Waals surface area contributed by atoms with Gasteiger partial charge in [-0.2, -0.15) is 5.10 Å². The van der Waals surface area contributed by atoms with Gasteiger partial charge in [0, 0.05) is 19.2 Å². The van der Waals surface area contributed by atoms with Gasteiger partial charge in [0.05, 0.1) is 17.3 Å². The zero-order chi connectivity index (χ0) is 18.1. The summed E-state index contributed by atoms with van der Waals surface area (Å²) in [5.41, 5.74) is 0.455. The van der Waals surface area contributed by atoms with E-state index in [1.165, 1.54) is 17.1 Å². The van der Waals surface area contributed by atoms with Crippen molar-refractivity contribution in [3.8, 4) is 0 Å². The Hall–Kier alpha value is -3.10. The normalized spacial score (nSPS) is 14.2. The first-order valence-corrected chi connectivity index (χ1v) is 8.28. The van der Waals surface area contributed by atoms with E-state index < -0.39 is 17.5 Å². The average Bonchev–Trinajstić information content (AvgIpc) is 3.28. The number of benzene rings is 1. The molecule has 0 unspecified atom stereocenters. The molecular weight excluding hydrogens is 342 g/mol. The van der Waals surface area contributed by atoms with Crippen molar-refractivity contribution >= 4 is 28.4 Å². The second kappa shape index (κ2) is 6.66. The SMILES string of the molecule is O=C(Cn1ncc2c(N3CCCC3)ncnc21)Nc1ccc(F)cc1F. The number of halogens is 2. The summed E-state index contributed by atoms with van der Waals surface area (Å²) >= 11 is 0. The smallest absolute Gasteiger partial charge is 0.246 e. The van der Waals surface area contributed by atoms with Crippen LogP contribution in [-0.4, -0.2) is 38.7 Å². The third-order valence-electron chi connectivity index (χ3n) is 4.32. The van der Waals surface area contributed by atoms with Gasteiger partial charge >= 0.3 is 0 Å². The molecule has 1 fully saturated rings. The van der Waals surface area contributed by atoms with E-state index in [9.17, 15) is 13.6 Å². The number of carbonyl (C=O) groups excluding carboxylic acids is 1. The minimum Gasteiger partial charge on any atom is -0.356 e. The van der Waals surface area contributed by atoms with Crippen LogP contribution in [0, 0.1) is 11.6 Å². The Bertz CT molecular complexity index is 967. The highest BCUT2D eigenvalue weighted by Crippen LogP contribution is 2.25. The lowest BCUT2D eigenvalue weighted by atomic mass is 10.3. The molecular formula is C17H16F2N6O. The third kappa shape index (κ3) is 3.07. The van der Waals surface area contributed by atoms with Crippen molar-refractivity contribution in [2.24, 2.45) is 0 Å². The van der Waals surface area contributed by atoms with Crippen LogP contribution in [0.1, 0.15) is 12.8 Å². The minimum absolute atomic E-state index is 0.0831. The number of carbonyl (C=O) groups is 1. The highest BCUT2D eigenvalue weighted by Gasteiger charge is 2.19. The lowest BCUT2D eigenvalue weighted by Crippen LogP contribution is -2.21. The van der Waals surface area contributed by atoms with E-state index in [0.29, 0.717) is 11.7 Å². The Kier molecular flexibility index (Phi) is 4.19. The first-order valence-electron chi connectivity index (χ1n) is 8.28. The van der Waals surface area contributed by atoms with E-state index in [4.69, 9.17) is 0 Å². The van der Waals surface area contributed by atoms with Crippen molar-refractivity contribution in [3.63, 3.8) is 0 Å². The van der Waals surface area contributed by atoms with Gasteiger partial charge in [-0.25, -0.2) is 23.4 Å². The fourth-order valence-corrected chi connectivity index (χ4v) is 3.09. The van der Waals surface area contributed by atoms with Gasteiger partial charge in [0.25, 0.3) is 0 Å². The fraction of sp³-hybridized carbons (Fsp3) is 0.294. The van der Waals surface area contributed by atoms with Crippen LogP contribution < -0.4 is 10.2 Å². The molecule has 2 aromatic heterocycles. The first kappa shape index (κ1) is 16.4. The van der Waals surface area contributed by atoms with Gasteiger partial charge in [0.15, 0.2) is 5.65 Å². The molecule has 0 saturated carbocycles. The van der Waals surface area contributed by atoms with Gasteiger partial charge in [0.1, 0.15) is 30.3 Å². The minimum atomic E-state index is -0.831. The molecule has 3 heterocycles. The highest BCUT2D eigenvalue weighted by atomic mass is 19.1. The van der Waals surface area contributed by atoms with Gasteiger partial charge in [0.2, 0.25) is 5.91 Å². The second-order valence-corrected chi connectivity index (χ2v) is 6.10. The number of nitrogens with one attached hydrogen (secondary N) is 1. The monoisotopic (exact) mass is 358 g/mol. The molecule has 1 N–H and O–H groups in total. The lowest BCUT2D eigenvalue weighted by molar-refractivity contribution is -0.116.